The summed E-state index contributed by atoms with van der Waals surface area (Å²) in [6.45, 7) is 11.9. The summed E-state index contributed by atoms with van der Waals surface area (Å²) < 4.78 is 16.2. The van der Waals surface area contributed by atoms with E-state index in [0.29, 0.717) is 29.7 Å². The first-order chi connectivity index (χ1) is 18.9. The highest BCUT2D eigenvalue weighted by Crippen LogP contribution is 2.29. The molecule has 0 aliphatic heterocycles. The minimum absolute atomic E-state index is 0.103. The first-order valence-corrected chi connectivity index (χ1v) is 13.9. The zero-order valence-electron chi connectivity index (χ0n) is 24.5. The fraction of sp³-hybridized carbons (Fsp3) is 0.452. The second kappa shape index (κ2) is 11.6. The van der Waals surface area contributed by atoms with Crippen LogP contribution in [0.15, 0.2) is 47.4 Å². The van der Waals surface area contributed by atoms with Gasteiger partial charge in [0.1, 0.15) is 5.60 Å². The third-order valence-electron chi connectivity index (χ3n) is 6.93. The van der Waals surface area contributed by atoms with E-state index >= 15 is 0 Å². The van der Waals surface area contributed by atoms with Crippen LogP contribution in [0.1, 0.15) is 71.0 Å². The standard InChI is InChI=1S/C31H40N4O5/c1-8-11-23(17-27(36)39-9-2)35-24-15-14-22(32-29(37)40-31(4,5)6)16-26(24)34(30(35)38)19-21-18-33(7)25-13-10-12-20(3)28(21)25/h10,12-16,18,23H,8-9,11,17,19H2,1-7H3,(H,32,37). The number of nitrogens with zero attached hydrogens (tertiary/aromatic N) is 3. The van der Waals surface area contributed by atoms with Crippen molar-refractivity contribution < 1.29 is 19.1 Å². The van der Waals surface area contributed by atoms with Crippen molar-refractivity contribution in [3.05, 3.63) is 64.2 Å². The minimum atomic E-state index is -0.647. The van der Waals surface area contributed by atoms with Crippen LogP contribution in [0.2, 0.25) is 0 Å². The number of carbonyl (C=O) groups is 2. The fourth-order valence-electron chi connectivity index (χ4n) is 5.37. The lowest BCUT2D eigenvalue weighted by molar-refractivity contribution is -0.144. The van der Waals surface area contributed by atoms with Crippen LogP contribution in [0.4, 0.5) is 10.5 Å². The third-order valence-corrected chi connectivity index (χ3v) is 6.93. The summed E-state index contributed by atoms with van der Waals surface area (Å²) >= 11 is 0. The number of esters is 1. The predicted molar refractivity (Wildman–Crippen MR) is 158 cm³/mol. The molecule has 0 radical (unpaired) electrons. The van der Waals surface area contributed by atoms with E-state index in [4.69, 9.17) is 9.47 Å². The van der Waals surface area contributed by atoms with Gasteiger partial charge in [0.2, 0.25) is 0 Å². The summed E-state index contributed by atoms with van der Waals surface area (Å²) in [5, 5.41) is 3.90. The molecule has 4 aromatic rings. The number of amides is 1. The molecule has 0 aliphatic rings. The van der Waals surface area contributed by atoms with Crippen LogP contribution in [0.25, 0.3) is 21.9 Å². The van der Waals surface area contributed by atoms with Crippen LogP contribution < -0.4 is 11.0 Å². The zero-order chi connectivity index (χ0) is 29.2. The first-order valence-electron chi connectivity index (χ1n) is 13.9. The van der Waals surface area contributed by atoms with Crippen LogP contribution in [-0.2, 0) is 27.9 Å². The maximum atomic E-state index is 14.2. The highest BCUT2D eigenvalue weighted by molar-refractivity contribution is 5.90. The van der Waals surface area contributed by atoms with Crippen molar-refractivity contribution in [1.29, 1.82) is 0 Å². The van der Waals surface area contributed by atoms with Crippen LogP contribution in [0, 0.1) is 6.92 Å². The van der Waals surface area contributed by atoms with Crippen molar-refractivity contribution in [2.24, 2.45) is 7.05 Å². The van der Waals surface area contributed by atoms with Crippen LogP contribution in [0.5, 0.6) is 0 Å². The number of nitrogens with one attached hydrogen (secondary N) is 1. The van der Waals surface area contributed by atoms with Gasteiger partial charge in [0, 0.05) is 35.9 Å². The molecule has 0 saturated heterocycles. The number of rotatable bonds is 9. The molecule has 0 bridgehead atoms. The van der Waals surface area contributed by atoms with E-state index in [1.165, 1.54) is 0 Å². The number of aryl methyl sites for hydroxylation is 2. The summed E-state index contributed by atoms with van der Waals surface area (Å²) in [5.41, 5.74) is 4.24. The lowest BCUT2D eigenvalue weighted by Crippen LogP contribution is -2.29. The Bertz CT molecular complexity index is 1600. The van der Waals surface area contributed by atoms with Crippen molar-refractivity contribution in [3.63, 3.8) is 0 Å². The maximum absolute atomic E-state index is 14.2. The highest BCUT2D eigenvalue weighted by atomic mass is 16.6. The second-order valence-electron chi connectivity index (χ2n) is 11.3. The molecule has 2 heterocycles. The Balaban J connectivity index is 1.87. The van der Waals surface area contributed by atoms with Gasteiger partial charge in [0.05, 0.1) is 30.6 Å². The number of hydrogen-bond acceptors (Lipinski definition) is 5. The topological polar surface area (TPSA) is 96.5 Å². The molecular formula is C31H40N4O5. The van der Waals surface area contributed by atoms with E-state index in [0.717, 1.165) is 28.5 Å². The summed E-state index contributed by atoms with van der Waals surface area (Å²) in [5.74, 6) is -0.332. The van der Waals surface area contributed by atoms with Gasteiger partial charge in [-0.2, -0.15) is 0 Å². The molecule has 0 aliphatic carbocycles. The molecule has 2 aromatic heterocycles. The summed E-state index contributed by atoms with van der Waals surface area (Å²) in [7, 11) is 2.00. The van der Waals surface area contributed by atoms with Crippen molar-refractivity contribution in [1.82, 2.24) is 13.7 Å². The smallest absolute Gasteiger partial charge is 0.412 e. The first kappa shape index (κ1) is 29.0. The largest absolute Gasteiger partial charge is 0.466 e. The SMILES string of the molecule is CCCC(CC(=O)OCC)n1c(=O)n(Cc2cn(C)c3cccc(C)c23)c2cc(NC(=O)OC(C)(C)C)ccc21. The summed E-state index contributed by atoms with van der Waals surface area (Å²) in [4.78, 5) is 39.2. The van der Waals surface area contributed by atoms with Crippen LogP contribution >= 0.6 is 0 Å². The van der Waals surface area contributed by atoms with Gasteiger partial charge in [-0.15, -0.1) is 0 Å². The van der Waals surface area contributed by atoms with Gasteiger partial charge in [-0.25, -0.2) is 9.59 Å². The van der Waals surface area contributed by atoms with Gasteiger partial charge in [-0.05, 0) is 76.4 Å². The minimum Gasteiger partial charge on any atom is -0.466 e. The number of hydrogen-bond donors (Lipinski definition) is 1. The van der Waals surface area contributed by atoms with Crippen LogP contribution in [0.3, 0.4) is 0 Å². The molecule has 40 heavy (non-hydrogen) atoms. The molecule has 0 fully saturated rings. The second-order valence-corrected chi connectivity index (χ2v) is 11.3. The van der Waals surface area contributed by atoms with Gasteiger partial charge in [-0.1, -0.05) is 25.5 Å². The number of fused-ring (bicyclic) bond motifs is 2. The van der Waals surface area contributed by atoms with Gasteiger partial charge in [-0.3, -0.25) is 19.2 Å². The van der Waals surface area contributed by atoms with Gasteiger partial charge < -0.3 is 14.0 Å². The fourth-order valence-corrected chi connectivity index (χ4v) is 5.37. The number of ether oxygens (including phenoxy) is 2. The van der Waals surface area contributed by atoms with Gasteiger partial charge in [0.15, 0.2) is 0 Å². The third kappa shape index (κ3) is 6.08. The van der Waals surface area contributed by atoms with Crippen LogP contribution in [-0.4, -0.2) is 38.0 Å². The Morgan fingerprint density at radius 3 is 2.48 bits per heavy atom. The zero-order valence-corrected chi connectivity index (χ0v) is 24.5. The molecule has 1 N–H and O–H groups in total. The molecule has 2 aromatic carbocycles. The van der Waals surface area contributed by atoms with Gasteiger partial charge in [0.25, 0.3) is 0 Å². The number of benzene rings is 2. The Kier molecular flexibility index (Phi) is 8.42. The van der Waals surface area contributed by atoms with E-state index in [1.807, 2.05) is 26.1 Å². The highest BCUT2D eigenvalue weighted by Gasteiger charge is 2.25. The predicted octanol–water partition coefficient (Wildman–Crippen LogP) is 6.29. The monoisotopic (exact) mass is 548 g/mol. The number of anilines is 1. The van der Waals surface area contributed by atoms with E-state index in [-0.39, 0.29) is 30.7 Å². The Hall–Kier alpha value is -4.01. The lowest BCUT2D eigenvalue weighted by Gasteiger charge is -2.20. The quantitative estimate of drug-likeness (QED) is 0.248. The summed E-state index contributed by atoms with van der Waals surface area (Å²) in [6, 6.07) is 11.2. The number of imidazole rings is 1. The van der Waals surface area contributed by atoms with Gasteiger partial charge >= 0.3 is 17.8 Å². The van der Waals surface area contributed by atoms with Crippen molar-refractivity contribution in [2.75, 3.05) is 11.9 Å². The Labute approximate surface area is 234 Å². The molecule has 1 atom stereocenters. The average Bonchev–Trinajstić information content (AvgIpc) is 3.32. The Morgan fingerprint density at radius 1 is 1.05 bits per heavy atom. The van der Waals surface area contributed by atoms with Crippen molar-refractivity contribution in [3.8, 4) is 0 Å². The molecule has 1 unspecified atom stereocenters. The summed E-state index contributed by atoms with van der Waals surface area (Å²) in [6.07, 6.45) is 3.02. The van der Waals surface area contributed by atoms with Crippen molar-refractivity contribution in [2.45, 2.75) is 79.0 Å². The normalized spacial score (nSPS) is 12.6. The maximum Gasteiger partial charge on any atom is 0.412 e. The molecule has 9 nitrogen and oxygen atoms in total. The molecular weight excluding hydrogens is 508 g/mol. The van der Waals surface area contributed by atoms with E-state index in [9.17, 15) is 14.4 Å². The Morgan fingerprint density at radius 2 is 1.80 bits per heavy atom. The molecule has 0 saturated carbocycles. The average molecular weight is 549 g/mol. The van der Waals surface area contributed by atoms with Crippen molar-refractivity contribution >= 4 is 39.7 Å². The molecule has 1 amide bonds. The van der Waals surface area contributed by atoms with E-state index < -0.39 is 11.7 Å². The lowest BCUT2D eigenvalue weighted by atomic mass is 10.1. The molecule has 4 rings (SSSR count). The molecule has 9 heteroatoms. The number of aromatic nitrogens is 3. The van der Waals surface area contributed by atoms with E-state index in [2.05, 4.69) is 35.1 Å². The molecule has 214 valence electrons. The number of carbonyl (C=O) groups excluding carboxylic acids is 2. The van der Waals surface area contributed by atoms with E-state index in [1.54, 1.807) is 49.0 Å². The molecule has 0 spiro atoms.